The van der Waals surface area contributed by atoms with Crippen LogP contribution in [-0.2, 0) is 0 Å². The molecule has 2 aromatic rings. The van der Waals surface area contributed by atoms with E-state index in [0.717, 1.165) is 24.1 Å². The zero-order chi connectivity index (χ0) is 17.3. The van der Waals surface area contributed by atoms with Gasteiger partial charge in [-0.1, -0.05) is 48.0 Å². The Morgan fingerprint density at radius 3 is 2.75 bits per heavy atom. The van der Waals surface area contributed by atoms with E-state index in [1.54, 1.807) is 6.20 Å². The molecule has 2 heteroatoms. The summed E-state index contributed by atoms with van der Waals surface area (Å²) < 4.78 is 0. The maximum atomic E-state index is 5.94. The molecular weight excluding hydrogens is 314 g/mol. The van der Waals surface area contributed by atoms with Gasteiger partial charge >= 0.3 is 0 Å². The second-order valence-electron chi connectivity index (χ2n) is 6.41. The van der Waals surface area contributed by atoms with Gasteiger partial charge in [0, 0.05) is 24.1 Å². The number of nitrogens with zero attached hydrogens (tertiary/aromatic N) is 1. The molecule has 0 radical (unpaired) electrons. The first kappa shape index (κ1) is 16.6. The molecule has 0 N–H and O–H groups in total. The second-order valence-corrected chi connectivity index (χ2v) is 6.84. The van der Waals surface area contributed by atoms with Crippen LogP contribution in [0.5, 0.6) is 0 Å². The normalized spacial score (nSPS) is 20.2. The van der Waals surface area contributed by atoms with Gasteiger partial charge in [0.15, 0.2) is 0 Å². The number of hydrogen-bond acceptors (Lipinski definition) is 1. The van der Waals surface area contributed by atoms with Gasteiger partial charge in [0.05, 0.1) is 10.7 Å². The zero-order valence-electron chi connectivity index (χ0n) is 13.8. The number of rotatable bonds is 3. The Morgan fingerprint density at radius 1 is 1.29 bits per heavy atom. The minimum Gasteiger partial charge on any atom is -0.255 e. The fourth-order valence-corrected chi connectivity index (χ4v) is 3.60. The van der Waals surface area contributed by atoms with Crippen molar-refractivity contribution >= 4 is 11.6 Å². The van der Waals surface area contributed by atoms with Crippen LogP contribution in [0.15, 0.2) is 60.8 Å². The van der Waals surface area contributed by atoms with Crippen molar-refractivity contribution in [1.29, 1.82) is 0 Å². The molecule has 1 aliphatic rings. The quantitative estimate of drug-likeness (QED) is 0.499. The number of halogens is 1. The number of aromatic nitrogens is 1. The smallest absolute Gasteiger partial charge is 0.0703 e. The average Bonchev–Trinajstić information content (AvgIpc) is 2.84. The summed E-state index contributed by atoms with van der Waals surface area (Å²) in [5.41, 5.74) is 6.86. The maximum absolute atomic E-state index is 5.94. The molecule has 120 valence electrons. The molecule has 1 saturated carbocycles. The van der Waals surface area contributed by atoms with Crippen LogP contribution in [0.2, 0.25) is 5.02 Å². The highest BCUT2D eigenvalue weighted by Crippen LogP contribution is 2.47. The van der Waals surface area contributed by atoms with Crippen molar-refractivity contribution in [2.45, 2.75) is 25.7 Å². The van der Waals surface area contributed by atoms with E-state index in [1.165, 1.54) is 22.3 Å². The summed E-state index contributed by atoms with van der Waals surface area (Å²) in [6, 6.07) is 10.2. The number of terminal acetylenes is 1. The predicted molar refractivity (Wildman–Crippen MR) is 102 cm³/mol. The number of benzene rings is 1. The summed E-state index contributed by atoms with van der Waals surface area (Å²) in [5, 5.41) is 0.640. The lowest BCUT2D eigenvalue weighted by molar-refractivity contribution is 0.679. The third-order valence-electron chi connectivity index (χ3n) is 4.79. The molecule has 0 spiro atoms. The van der Waals surface area contributed by atoms with Crippen LogP contribution in [0.25, 0.3) is 11.3 Å². The first-order valence-corrected chi connectivity index (χ1v) is 8.41. The minimum atomic E-state index is 0.176. The summed E-state index contributed by atoms with van der Waals surface area (Å²) in [5.74, 6) is 3.28. The van der Waals surface area contributed by atoms with Crippen molar-refractivity contribution in [1.82, 2.24) is 4.98 Å². The summed E-state index contributed by atoms with van der Waals surface area (Å²) in [6.45, 7) is 10.7. The summed E-state index contributed by atoms with van der Waals surface area (Å²) in [6.07, 6.45) is 8.83. The standard InChI is InChI=1S/C22H20ClN/c1-5-6-17-11-15(3)22(16(17)4)20-12-18(8-7-14(20)2)21-10-9-19(23)13-24-21/h1,7-10,12-13,17,22H,3-4,6,11H2,2H3. The fourth-order valence-electron chi connectivity index (χ4n) is 3.49. The zero-order valence-corrected chi connectivity index (χ0v) is 14.6. The Kier molecular flexibility index (Phi) is 4.60. The van der Waals surface area contributed by atoms with Crippen LogP contribution < -0.4 is 0 Å². The van der Waals surface area contributed by atoms with E-state index in [9.17, 15) is 0 Å². The molecule has 0 bridgehead atoms. The van der Waals surface area contributed by atoms with E-state index in [2.05, 4.69) is 49.2 Å². The Labute approximate surface area is 149 Å². The third kappa shape index (κ3) is 3.03. The van der Waals surface area contributed by atoms with Crippen LogP contribution in [0.3, 0.4) is 0 Å². The van der Waals surface area contributed by atoms with E-state index >= 15 is 0 Å². The lowest BCUT2D eigenvalue weighted by Gasteiger charge is -2.19. The third-order valence-corrected chi connectivity index (χ3v) is 5.01. The molecule has 1 nitrogen and oxygen atoms in total. The van der Waals surface area contributed by atoms with E-state index in [4.69, 9.17) is 18.0 Å². The highest BCUT2D eigenvalue weighted by atomic mass is 35.5. The first-order valence-electron chi connectivity index (χ1n) is 8.03. The van der Waals surface area contributed by atoms with Crippen molar-refractivity contribution in [2.24, 2.45) is 5.92 Å². The molecule has 0 aliphatic heterocycles. The maximum Gasteiger partial charge on any atom is 0.0703 e. The molecule has 1 fully saturated rings. The topological polar surface area (TPSA) is 12.9 Å². The largest absolute Gasteiger partial charge is 0.255 e. The SMILES string of the molecule is C#CCC1CC(=C)C(c2cc(-c3ccc(Cl)cn3)ccc2C)C1=C. The molecule has 1 aromatic heterocycles. The molecule has 1 aliphatic carbocycles. The van der Waals surface area contributed by atoms with Crippen LogP contribution in [0.4, 0.5) is 0 Å². The van der Waals surface area contributed by atoms with Crippen molar-refractivity contribution in [3.63, 3.8) is 0 Å². The highest BCUT2D eigenvalue weighted by molar-refractivity contribution is 6.30. The van der Waals surface area contributed by atoms with Gasteiger partial charge in [-0.3, -0.25) is 4.98 Å². The Balaban J connectivity index is 2.01. The molecule has 3 rings (SSSR count). The monoisotopic (exact) mass is 333 g/mol. The van der Waals surface area contributed by atoms with Gasteiger partial charge in [-0.15, -0.1) is 12.3 Å². The van der Waals surface area contributed by atoms with Gasteiger partial charge in [0.25, 0.3) is 0 Å². The second kappa shape index (κ2) is 6.67. The number of pyridine rings is 1. The molecule has 24 heavy (non-hydrogen) atoms. The van der Waals surface area contributed by atoms with E-state index in [-0.39, 0.29) is 5.92 Å². The summed E-state index contributed by atoms with van der Waals surface area (Å²) in [4.78, 5) is 4.43. The van der Waals surface area contributed by atoms with Crippen molar-refractivity contribution < 1.29 is 0 Å². The van der Waals surface area contributed by atoms with Crippen LogP contribution >= 0.6 is 11.6 Å². The van der Waals surface area contributed by atoms with Crippen LogP contribution in [0.1, 0.15) is 29.9 Å². The predicted octanol–water partition coefficient (Wildman–Crippen LogP) is 5.95. The number of aryl methyl sites for hydroxylation is 1. The van der Waals surface area contributed by atoms with Gasteiger partial charge in [-0.25, -0.2) is 0 Å². The van der Waals surface area contributed by atoms with Crippen LogP contribution in [0, 0.1) is 25.2 Å². The van der Waals surface area contributed by atoms with Crippen LogP contribution in [-0.4, -0.2) is 4.98 Å². The van der Waals surface area contributed by atoms with E-state index in [1.807, 2.05) is 12.1 Å². The lowest BCUT2D eigenvalue weighted by atomic mass is 9.86. The Hall–Kier alpha value is -2.30. The van der Waals surface area contributed by atoms with Gasteiger partial charge in [-0.05, 0) is 48.6 Å². The summed E-state index contributed by atoms with van der Waals surface area (Å²) >= 11 is 5.94. The van der Waals surface area contributed by atoms with Crippen molar-refractivity contribution in [2.75, 3.05) is 0 Å². The first-order chi connectivity index (χ1) is 11.5. The van der Waals surface area contributed by atoms with Gasteiger partial charge in [0.1, 0.15) is 0 Å². The Bertz CT molecular complexity index is 839. The molecule has 0 saturated heterocycles. The van der Waals surface area contributed by atoms with E-state index in [0.29, 0.717) is 10.9 Å². The molecule has 0 amide bonds. The highest BCUT2D eigenvalue weighted by Gasteiger charge is 2.33. The number of allylic oxidation sites excluding steroid dienone is 2. The molecular formula is C22H20ClN. The van der Waals surface area contributed by atoms with Crippen molar-refractivity contribution in [3.05, 3.63) is 77.0 Å². The van der Waals surface area contributed by atoms with Gasteiger partial charge < -0.3 is 0 Å². The van der Waals surface area contributed by atoms with Gasteiger partial charge in [-0.2, -0.15) is 0 Å². The molecule has 2 unspecified atom stereocenters. The molecule has 1 aromatic carbocycles. The fraction of sp³-hybridized carbons (Fsp3) is 0.227. The minimum absolute atomic E-state index is 0.176. The average molecular weight is 334 g/mol. The Morgan fingerprint density at radius 2 is 2.08 bits per heavy atom. The van der Waals surface area contributed by atoms with Crippen molar-refractivity contribution in [3.8, 4) is 23.6 Å². The molecule has 1 heterocycles. The van der Waals surface area contributed by atoms with Gasteiger partial charge in [0.2, 0.25) is 0 Å². The lowest BCUT2D eigenvalue weighted by Crippen LogP contribution is -2.03. The summed E-state index contributed by atoms with van der Waals surface area (Å²) in [7, 11) is 0. The molecule has 2 atom stereocenters. The van der Waals surface area contributed by atoms with E-state index < -0.39 is 0 Å². The number of hydrogen-bond donors (Lipinski definition) is 0.